The van der Waals surface area contributed by atoms with Crippen LogP contribution in [-0.4, -0.2) is 44.8 Å². The Morgan fingerprint density at radius 1 is 1.29 bits per heavy atom. The summed E-state index contributed by atoms with van der Waals surface area (Å²) in [6.07, 6.45) is 0.830. The van der Waals surface area contributed by atoms with Crippen molar-refractivity contribution in [3.05, 3.63) is 24.3 Å². The van der Waals surface area contributed by atoms with Crippen LogP contribution in [0.1, 0.15) is 13.3 Å². The second kappa shape index (κ2) is 6.45. The van der Waals surface area contributed by atoms with Crippen LogP contribution in [0.25, 0.3) is 0 Å². The third kappa shape index (κ3) is 3.36. The van der Waals surface area contributed by atoms with Gasteiger partial charge in [-0.25, -0.2) is 0 Å². The van der Waals surface area contributed by atoms with Gasteiger partial charge in [0, 0.05) is 44.2 Å². The molecule has 2 saturated heterocycles. The number of carbonyl (C=O) groups is 1. The van der Waals surface area contributed by atoms with Crippen molar-refractivity contribution in [2.24, 2.45) is 5.92 Å². The molecule has 2 aliphatic rings. The van der Waals surface area contributed by atoms with Gasteiger partial charge in [0.1, 0.15) is 0 Å². The monoisotopic (exact) mass is 289 g/mol. The standard InChI is InChI=1S/C16H23N3O2/c1-12-15(6-11-21-12)16(20)18-13-2-4-14(5-3-13)19-9-7-17-8-10-19/h2-5,12,15,17H,6-11H2,1H3,(H,18,20). The Hall–Kier alpha value is -1.59. The number of carbonyl (C=O) groups excluding carboxylic acids is 1. The topological polar surface area (TPSA) is 53.6 Å². The minimum atomic E-state index is -0.0298. The second-order valence-corrected chi connectivity index (χ2v) is 5.74. The van der Waals surface area contributed by atoms with Crippen molar-refractivity contribution in [2.75, 3.05) is 43.0 Å². The summed E-state index contributed by atoms with van der Waals surface area (Å²) in [7, 11) is 0. The number of piperazine rings is 1. The quantitative estimate of drug-likeness (QED) is 0.884. The average Bonchev–Trinajstić information content (AvgIpc) is 2.95. The van der Waals surface area contributed by atoms with Gasteiger partial charge in [0.25, 0.3) is 0 Å². The number of amides is 1. The summed E-state index contributed by atoms with van der Waals surface area (Å²) in [4.78, 5) is 14.6. The van der Waals surface area contributed by atoms with Crippen LogP contribution in [0.5, 0.6) is 0 Å². The fourth-order valence-corrected chi connectivity index (χ4v) is 2.99. The van der Waals surface area contributed by atoms with Crippen LogP contribution in [0.3, 0.4) is 0 Å². The first-order chi connectivity index (χ1) is 10.2. The largest absolute Gasteiger partial charge is 0.378 e. The molecule has 2 heterocycles. The van der Waals surface area contributed by atoms with Crippen molar-refractivity contribution in [1.82, 2.24) is 5.32 Å². The van der Waals surface area contributed by atoms with E-state index < -0.39 is 0 Å². The minimum absolute atomic E-state index is 0.0186. The average molecular weight is 289 g/mol. The van der Waals surface area contributed by atoms with Gasteiger partial charge in [0.05, 0.1) is 12.0 Å². The molecule has 0 aromatic heterocycles. The van der Waals surface area contributed by atoms with E-state index in [2.05, 4.69) is 27.7 Å². The molecule has 0 aliphatic carbocycles. The maximum absolute atomic E-state index is 12.2. The molecule has 0 spiro atoms. The van der Waals surface area contributed by atoms with E-state index >= 15 is 0 Å². The van der Waals surface area contributed by atoms with Gasteiger partial charge in [-0.15, -0.1) is 0 Å². The molecule has 2 aliphatic heterocycles. The number of rotatable bonds is 3. The van der Waals surface area contributed by atoms with E-state index in [1.807, 2.05) is 19.1 Å². The molecule has 1 amide bonds. The maximum atomic E-state index is 12.2. The van der Waals surface area contributed by atoms with Crippen molar-refractivity contribution in [3.8, 4) is 0 Å². The van der Waals surface area contributed by atoms with Crippen LogP contribution in [0.15, 0.2) is 24.3 Å². The van der Waals surface area contributed by atoms with Crippen LogP contribution in [-0.2, 0) is 9.53 Å². The molecule has 2 unspecified atom stereocenters. The Morgan fingerprint density at radius 2 is 2.00 bits per heavy atom. The molecule has 5 heteroatoms. The Morgan fingerprint density at radius 3 is 2.62 bits per heavy atom. The lowest BCUT2D eigenvalue weighted by Gasteiger charge is -2.29. The molecule has 114 valence electrons. The molecular formula is C16H23N3O2. The first kappa shape index (κ1) is 14.4. The molecule has 3 rings (SSSR count). The molecule has 2 atom stereocenters. The van der Waals surface area contributed by atoms with E-state index in [-0.39, 0.29) is 17.9 Å². The second-order valence-electron chi connectivity index (χ2n) is 5.74. The van der Waals surface area contributed by atoms with E-state index in [9.17, 15) is 4.79 Å². The summed E-state index contributed by atoms with van der Waals surface area (Å²) in [6, 6.07) is 8.12. The fraction of sp³-hybridized carbons (Fsp3) is 0.562. The van der Waals surface area contributed by atoms with Crippen molar-refractivity contribution in [2.45, 2.75) is 19.4 Å². The molecule has 1 aromatic carbocycles. The van der Waals surface area contributed by atoms with Gasteiger partial charge in [-0.2, -0.15) is 0 Å². The summed E-state index contributed by atoms with van der Waals surface area (Å²) in [6.45, 7) is 6.76. The molecule has 0 saturated carbocycles. The van der Waals surface area contributed by atoms with E-state index in [0.29, 0.717) is 6.61 Å². The normalized spacial score (nSPS) is 25.9. The molecule has 0 bridgehead atoms. The summed E-state index contributed by atoms with van der Waals surface area (Å²) in [5, 5.41) is 6.34. The molecule has 21 heavy (non-hydrogen) atoms. The summed E-state index contributed by atoms with van der Waals surface area (Å²) < 4.78 is 5.45. The predicted octanol–water partition coefficient (Wildman–Crippen LogP) is 1.46. The smallest absolute Gasteiger partial charge is 0.230 e. The number of nitrogens with zero attached hydrogens (tertiary/aromatic N) is 1. The van der Waals surface area contributed by atoms with Gasteiger partial charge >= 0.3 is 0 Å². The lowest BCUT2D eigenvalue weighted by molar-refractivity contribution is -0.121. The lowest BCUT2D eigenvalue weighted by Crippen LogP contribution is -2.43. The zero-order chi connectivity index (χ0) is 14.7. The van der Waals surface area contributed by atoms with Gasteiger partial charge in [-0.05, 0) is 37.6 Å². The number of hydrogen-bond donors (Lipinski definition) is 2. The summed E-state index contributed by atoms with van der Waals surface area (Å²) in [5.74, 6) is 0.0350. The number of benzene rings is 1. The Bertz CT molecular complexity index is 483. The predicted molar refractivity (Wildman–Crippen MR) is 83.7 cm³/mol. The van der Waals surface area contributed by atoms with E-state index in [0.717, 1.165) is 38.3 Å². The number of ether oxygens (including phenoxy) is 1. The molecule has 2 fully saturated rings. The lowest BCUT2D eigenvalue weighted by atomic mass is 10.0. The molecule has 0 radical (unpaired) electrons. The number of nitrogens with one attached hydrogen (secondary N) is 2. The van der Waals surface area contributed by atoms with Crippen molar-refractivity contribution < 1.29 is 9.53 Å². The maximum Gasteiger partial charge on any atom is 0.230 e. The van der Waals surface area contributed by atoms with Crippen LogP contribution < -0.4 is 15.5 Å². The molecule has 1 aromatic rings. The van der Waals surface area contributed by atoms with Crippen molar-refractivity contribution >= 4 is 17.3 Å². The van der Waals surface area contributed by atoms with Crippen LogP contribution in [0.2, 0.25) is 0 Å². The number of hydrogen-bond acceptors (Lipinski definition) is 4. The summed E-state index contributed by atoms with van der Waals surface area (Å²) >= 11 is 0. The van der Waals surface area contributed by atoms with Crippen LogP contribution in [0.4, 0.5) is 11.4 Å². The molecule has 5 nitrogen and oxygen atoms in total. The highest BCUT2D eigenvalue weighted by Gasteiger charge is 2.30. The van der Waals surface area contributed by atoms with Gasteiger partial charge in [0.2, 0.25) is 5.91 Å². The number of anilines is 2. The zero-order valence-electron chi connectivity index (χ0n) is 12.5. The van der Waals surface area contributed by atoms with E-state index in [4.69, 9.17) is 4.74 Å². The zero-order valence-corrected chi connectivity index (χ0v) is 12.5. The Balaban J connectivity index is 1.60. The fourth-order valence-electron chi connectivity index (χ4n) is 2.99. The van der Waals surface area contributed by atoms with Gasteiger partial charge in [-0.3, -0.25) is 4.79 Å². The Kier molecular flexibility index (Phi) is 4.41. The summed E-state index contributed by atoms with van der Waals surface area (Å²) in [5.41, 5.74) is 2.07. The molecule has 2 N–H and O–H groups in total. The SMILES string of the molecule is CC1OCCC1C(=O)Nc1ccc(N2CCNCC2)cc1. The van der Waals surface area contributed by atoms with Gasteiger partial charge < -0.3 is 20.3 Å². The Labute approximate surface area is 125 Å². The highest BCUT2D eigenvalue weighted by atomic mass is 16.5. The van der Waals surface area contributed by atoms with Crippen molar-refractivity contribution in [1.29, 1.82) is 0 Å². The third-order valence-electron chi connectivity index (χ3n) is 4.33. The highest BCUT2D eigenvalue weighted by molar-refractivity contribution is 5.93. The first-order valence-corrected chi connectivity index (χ1v) is 7.72. The van der Waals surface area contributed by atoms with Gasteiger partial charge in [-0.1, -0.05) is 0 Å². The van der Waals surface area contributed by atoms with Crippen molar-refractivity contribution in [3.63, 3.8) is 0 Å². The third-order valence-corrected chi connectivity index (χ3v) is 4.33. The van der Waals surface area contributed by atoms with Gasteiger partial charge in [0.15, 0.2) is 0 Å². The van der Waals surface area contributed by atoms with Crippen LogP contribution >= 0.6 is 0 Å². The highest BCUT2D eigenvalue weighted by Crippen LogP contribution is 2.23. The van der Waals surface area contributed by atoms with Crippen LogP contribution in [0, 0.1) is 5.92 Å². The minimum Gasteiger partial charge on any atom is -0.378 e. The first-order valence-electron chi connectivity index (χ1n) is 7.72. The molecular weight excluding hydrogens is 266 g/mol. The van der Waals surface area contributed by atoms with E-state index in [1.165, 1.54) is 5.69 Å². The van der Waals surface area contributed by atoms with E-state index in [1.54, 1.807) is 0 Å².